The topological polar surface area (TPSA) is 89.9 Å². The molecule has 0 saturated heterocycles. The van der Waals surface area contributed by atoms with Crippen LogP contribution in [0.3, 0.4) is 0 Å². The fourth-order valence-electron chi connectivity index (χ4n) is 3.28. The van der Waals surface area contributed by atoms with Crippen molar-refractivity contribution in [3.8, 4) is 0 Å². The van der Waals surface area contributed by atoms with E-state index in [9.17, 15) is 19.8 Å². The van der Waals surface area contributed by atoms with Crippen molar-refractivity contribution in [3.63, 3.8) is 0 Å². The molecule has 0 bridgehead atoms. The van der Waals surface area contributed by atoms with Crippen LogP contribution in [0.5, 0.6) is 0 Å². The van der Waals surface area contributed by atoms with Gasteiger partial charge in [0.25, 0.3) is 0 Å². The van der Waals surface area contributed by atoms with E-state index in [4.69, 9.17) is 0 Å². The van der Waals surface area contributed by atoms with E-state index in [0.29, 0.717) is 30.8 Å². The van der Waals surface area contributed by atoms with Crippen LogP contribution >= 0.6 is 0 Å². The molecule has 1 aliphatic heterocycles. The largest absolute Gasteiger partial charge is 0.481 e. The number of aliphatic hydroxyl groups excluding tert-OH is 1. The minimum Gasteiger partial charge on any atom is -0.481 e. The highest BCUT2D eigenvalue weighted by Gasteiger charge is 2.36. The smallest absolute Gasteiger partial charge is 0.308 e. The van der Waals surface area contributed by atoms with Crippen molar-refractivity contribution >= 4 is 17.6 Å². The van der Waals surface area contributed by atoms with E-state index >= 15 is 0 Å². The van der Waals surface area contributed by atoms with Crippen molar-refractivity contribution in [2.45, 2.75) is 32.5 Å². The Bertz CT molecular complexity index is 822. The maximum absolute atomic E-state index is 13.1. The Morgan fingerprint density at radius 1 is 1.22 bits per heavy atom. The maximum Gasteiger partial charge on any atom is 0.308 e. The van der Waals surface area contributed by atoms with E-state index in [0.717, 1.165) is 11.1 Å². The first-order chi connectivity index (χ1) is 13.0. The molecule has 1 unspecified atom stereocenters. The summed E-state index contributed by atoms with van der Waals surface area (Å²) in [5.41, 5.74) is 3.46. The Morgan fingerprint density at radius 3 is 2.63 bits per heavy atom. The summed E-state index contributed by atoms with van der Waals surface area (Å²) in [6.07, 6.45) is 0.699. The number of nitrogens with zero attached hydrogens (tertiary/aromatic N) is 1. The number of anilines is 1. The fourth-order valence-corrected chi connectivity index (χ4v) is 3.28. The zero-order chi connectivity index (χ0) is 19.4. The number of benzene rings is 2. The number of hydrogen-bond acceptors (Lipinski definition) is 4. The van der Waals surface area contributed by atoms with Gasteiger partial charge in [0, 0.05) is 18.8 Å². The number of carboxylic acids is 1. The molecular weight excluding hydrogens is 344 g/mol. The van der Waals surface area contributed by atoms with Gasteiger partial charge in [-0.25, -0.2) is 0 Å². The van der Waals surface area contributed by atoms with E-state index in [1.54, 1.807) is 11.0 Å². The Balaban J connectivity index is 1.89. The Labute approximate surface area is 158 Å². The molecule has 142 valence electrons. The molecule has 2 aromatic rings. The molecule has 2 aromatic carbocycles. The summed E-state index contributed by atoms with van der Waals surface area (Å²) in [4.78, 5) is 26.3. The van der Waals surface area contributed by atoms with E-state index in [-0.39, 0.29) is 12.5 Å². The maximum atomic E-state index is 13.1. The Morgan fingerprint density at radius 2 is 1.96 bits per heavy atom. The lowest BCUT2D eigenvalue weighted by atomic mass is 10.0. The first kappa shape index (κ1) is 18.9. The number of nitrogens with one attached hydrogen (secondary N) is 1. The van der Waals surface area contributed by atoms with Gasteiger partial charge in [-0.05, 0) is 36.1 Å². The third-order valence-electron chi connectivity index (χ3n) is 5.01. The minimum absolute atomic E-state index is 0.111. The lowest BCUT2D eigenvalue weighted by molar-refractivity contribution is -0.146. The van der Waals surface area contributed by atoms with Gasteiger partial charge in [0.05, 0.1) is 12.5 Å². The number of fused-ring (bicyclic) bond motifs is 1. The molecule has 3 rings (SSSR count). The molecule has 1 aliphatic rings. The molecule has 1 heterocycles. The number of rotatable bonds is 6. The SMILES string of the molecule is CC(C(=O)O)[C@@H]1Nc2cc(CO)ccc2CN(CCc2ccccc2)C1=O. The van der Waals surface area contributed by atoms with Gasteiger partial charge in [0.1, 0.15) is 6.04 Å². The van der Waals surface area contributed by atoms with Crippen molar-refractivity contribution in [2.75, 3.05) is 11.9 Å². The monoisotopic (exact) mass is 368 g/mol. The lowest BCUT2D eigenvalue weighted by Gasteiger charge is -2.26. The molecule has 0 fully saturated rings. The first-order valence-corrected chi connectivity index (χ1v) is 9.04. The Kier molecular flexibility index (Phi) is 5.76. The molecule has 0 spiro atoms. The highest BCUT2D eigenvalue weighted by Crippen LogP contribution is 2.27. The fraction of sp³-hybridized carbons (Fsp3) is 0.333. The van der Waals surface area contributed by atoms with Gasteiger partial charge in [-0.3, -0.25) is 9.59 Å². The molecule has 0 aromatic heterocycles. The van der Waals surface area contributed by atoms with Gasteiger partial charge in [0.2, 0.25) is 5.91 Å². The van der Waals surface area contributed by atoms with Crippen LogP contribution in [0, 0.1) is 5.92 Å². The van der Waals surface area contributed by atoms with Crippen molar-refractivity contribution in [2.24, 2.45) is 5.92 Å². The number of carbonyl (C=O) groups excluding carboxylic acids is 1. The second-order valence-corrected chi connectivity index (χ2v) is 6.89. The van der Waals surface area contributed by atoms with Gasteiger partial charge in [-0.2, -0.15) is 0 Å². The van der Waals surface area contributed by atoms with Crippen LogP contribution in [-0.2, 0) is 29.2 Å². The van der Waals surface area contributed by atoms with E-state index in [1.807, 2.05) is 42.5 Å². The average molecular weight is 368 g/mol. The number of amides is 1. The second kappa shape index (κ2) is 8.22. The molecule has 0 radical (unpaired) electrons. The van der Waals surface area contributed by atoms with Crippen molar-refractivity contribution < 1.29 is 19.8 Å². The predicted molar refractivity (Wildman–Crippen MR) is 102 cm³/mol. The quantitative estimate of drug-likeness (QED) is 0.728. The zero-order valence-corrected chi connectivity index (χ0v) is 15.3. The van der Waals surface area contributed by atoms with E-state index in [1.165, 1.54) is 6.92 Å². The normalized spacial score (nSPS) is 17.6. The van der Waals surface area contributed by atoms with Gasteiger partial charge in [-0.15, -0.1) is 0 Å². The standard InChI is InChI=1S/C21H24N2O4/c1-14(21(26)27)19-20(25)23(10-9-15-5-3-2-4-6-15)12-17-8-7-16(13-24)11-18(17)22-19/h2-8,11,14,19,22,24H,9-10,12-13H2,1H3,(H,26,27)/t14?,19-/m0/s1. The van der Waals surface area contributed by atoms with Gasteiger partial charge in [-0.1, -0.05) is 42.5 Å². The van der Waals surface area contributed by atoms with Gasteiger partial charge >= 0.3 is 5.97 Å². The summed E-state index contributed by atoms with van der Waals surface area (Å²) in [5.74, 6) is -2.12. The van der Waals surface area contributed by atoms with Crippen LogP contribution in [-0.4, -0.2) is 39.6 Å². The van der Waals surface area contributed by atoms with Crippen LogP contribution < -0.4 is 5.32 Å². The predicted octanol–water partition coefficient (Wildman–Crippen LogP) is 2.26. The zero-order valence-electron chi connectivity index (χ0n) is 15.3. The van der Waals surface area contributed by atoms with Crippen LogP contribution in [0.1, 0.15) is 23.6 Å². The summed E-state index contributed by atoms with van der Waals surface area (Å²) in [5, 5.41) is 21.9. The molecule has 6 nitrogen and oxygen atoms in total. The summed E-state index contributed by atoms with van der Waals surface area (Å²) >= 11 is 0. The number of carbonyl (C=O) groups is 2. The summed E-state index contributed by atoms with van der Waals surface area (Å²) in [6, 6.07) is 14.5. The number of hydrogen-bond donors (Lipinski definition) is 3. The van der Waals surface area contributed by atoms with Gasteiger partial charge < -0.3 is 20.4 Å². The molecule has 6 heteroatoms. The molecule has 1 amide bonds. The highest BCUT2D eigenvalue weighted by atomic mass is 16.4. The molecule has 0 aliphatic carbocycles. The highest BCUT2D eigenvalue weighted by molar-refractivity contribution is 5.91. The number of aliphatic hydroxyl groups is 1. The van der Waals surface area contributed by atoms with Crippen LogP contribution in [0.2, 0.25) is 0 Å². The van der Waals surface area contributed by atoms with Gasteiger partial charge in [0.15, 0.2) is 0 Å². The Hall–Kier alpha value is -2.86. The van der Waals surface area contributed by atoms with Crippen LogP contribution in [0.4, 0.5) is 5.69 Å². The number of aliphatic carboxylic acids is 1. The van der Waals surface area contributed by atoms with Crippen molar-refractivity contribution in [3.05, 3.63) is 65.2 Å². The van der Waals surface area contributed by atoms with E-state index in [2.05, 4.69) is 5.32 Å². The summed E-state index contributed by atoms with van der Waals surface area (Å²) < 4.78 is 0. The van der Waals surface area contributed by atoms with E-state index < -0.39 is 17.9 Å². The van der Waals surface area contributed by atoms with Crippen LogP contribution in [0.15, 0.2) is 48.5 Å². The van der Waals surface area contributed by atoms with Crippen molar-refractivity contribution in [1.82, 2.24) is 4.90 Å². The third-order valence-corrected chi connectivity index (χ3v) is 5.01. The summed E-state index contributed by atoms with van der Waals surface area (Å²) in [7, 11) is 0. The first-order valence-electron chi connectivity index (χ1n) is 9.04. The van der Waals surface area contributed by atoms with Crippen LogP contribution in [0.25, 0.3) is 0 Å². The second-order valence-electron chi connectivity index (χ2n) is 6.89. The average Bonchev–Trinajstić information content (AvgIpc) is 2.82. The molecular formula is C21H24N2O4. The number of carboxylic acid groups (broad SMARTS) is 1. The minimum atomic E-state index is -1.02. The summed E-state index contributed by atoms with van der Waals surface area (Å²) in [6.45, 7) is 2.34. The molecule has 3 N–H and O–H groups in total. The third kappa shape index (κ3) is 4.28. The molecule has 27 heavy (non-hydrogen) atoms. The molecule has 0 saturated carbocycles. The molecule has 2 atom stereocenters. The lowest BCUT2D eigenvalue weighted by Crippen LogP contribution is -2.46. The van der Waals surface area contributed by atoms with Crippen molar-refractivity contribution in [1.29, 1.82) is 0 Å².